The van der Waals surface area contributed by atoms with Crippen LogP contribution >= 0.6 is 0 Å². The van der Waals surface area contributed by atoms with E-state index in [-0.39, 0.29) is 55.1 Å². The first-order valence-electron chi connectivity index (χ1n) is 17.1. The molecule has 2 aromatic carbocycles. The Hall–Kier alpha value is -5.46. The van der Waals surface area contributed by atoms with E-state index in [1.54, 1.807) is 6.08 Å². The molecule has 1 amide bonds. The van der Waals surface area contributed by atoms with Crippen LogP contribution in [0.15, 0.2) is 72.8 Å². The van der Waals surface area contributed by atoms with Crippen molar-refractivity contribution >= 4 is 23.9 Å². The fourth-order valence-corrected chi connectivity index (χ4v) is 5.47. The molecule has 1 fully saturated rings. The third-order valence-corrected chi connectivity index (χ3v) is 8.18. The van der Waals surface area contributed by atoms with Gasteiger partial charge in [0.25, 0.3) is 5.09 Å². The van der Waals surface area contributed by atoms with Gasteiger partial charge in [0.05, 0.1) is 24.9 Å². The number of unbranched alkanes of at least 4 members (excludes halogenated alkanes) is 1. The van der Waals surface area contributed by atoms with E-state index in [1.165, 1.54) is 49.6 Å². The molecule has 0 aliphatic heterocycles. The van der Waals surface area contributed by atoms with Crippen LogP contribution in [0.1, 0.15) is 43.2 Å². The zero-order valence-corrected chi connectivity index (χ0v) is 29.8. The van der Waals surface area contributed by atoms with Crippen LogP contribution < -0.4 is 19.5 Å². The number of alkyl halides is 3. The zero-order chi connectivity index (χ0) is 40.4. The summed E-state index contributed by atoms with van der Waals surface area (Å²) in [5.74, 6) is -2.57. The van der Waals surface area contributed by atoms with Gasteiger partial charge in [0, 0.05) is 24.8 Å². The zero-order valence-electron chi connectivity index (χ0n) is 29.8. The summed E-state index contributed by atoms with van der Waals surface area (Å²) in [6, 6.07) is 8.73. The highest BCUT2D eigenvalue weighted by molar-refractivity contribution is 5.87. The second kappa shape index (κ2) is 22.0. The second-order valence-corrected chi connectivity index (χ2v) is 12.2. The van der Waals surface area contributed by atoms with E-state index in [0.717, 1.165) is 18.2 Å². The average Bonchev–Trinajstić information content (AvgIpc) is 3.41. The van der Waals surface area contributed by atoms with Crippen LogP contribution in [0.4, 0.5) is 13.2 Å². The number of carbonyl (C=O) groups is 3. The summed E-state index contributed by atoms with van der Waals surface area (Å²) in [5.41, 5.74) is -0.386. The van der Waals surface area contributed by atoms with E-state index in [9.17, 15) is 53.0 Å². The monoisotopic (exact) mass is 780 g/mol. The number of nitrogens with one attached hydrogen (secondary N) is 1. The number of hydrogen-bond acceptors (Lipinski definition) is 13. The Morgan fingerprint density at radius 3 is 2.58 bits per heavy atom. The molecule has 15 nitrogen and oxygen atoms in total. The van der Waals surface area contributed by atoms with Crippen molar-refractivity contribution in [1.82, 2.24) is 5.32 Å². The van der Waals surface area contributed by atoms with Gasteiger partial charge < -0.3 is 44.4 Å². The number of rotatable bonds is 21. The van der Waals surface area contributed by atoms with E-state index in [1.807, 2.05) is 12.2 Å². The maximum Gasteiger partial charge on any atom is 0.416 e. The third-order valence-electron chi connectivity index (χ3n) is 8.18. The average molecular weight is 781 g/mol. The largest absolute Gasteiger partial charge is 0.493 e. The SMILES string of the molecule is COc1cc(/C=C/C(=O)OCCO[N+](=O)[O-])ccc1OC(=O)CNC(=O)CCC/C=C\C[C@@H]1[C@@H](/C=C/[C@@H](O)COc2cccc(C(F)(F)F)c2)[C@H](O)C[C@@H]1O. The number of hydrogen-bond donors (Lipinski definition) is 4. The minimum absolute atomic E-state index is 0.0545. The highest BCUT2D eigenvalue weighted by Crippen LogP contribution is 2.36. The molecule has 4 N–H and O–H groups in total. The predicted octanol–water partition coefficient (Wildman–Crippen LogP) is 3.97. The number of nitrogens with zero attached hydrogens (tertiary/aromatic N) is 1. The molecule has 0 unspecified atom stereocenters. The molecule has 1 saturated carbocycles. The van der Waals surface area contributed by atoms with Crippen molar-refractivity contribution in [2.24, 2.45) is 11.8 Å². The summed E-state index contributed by atoms with van der Waals surface area (Å²) in [7, 11) is 1.34. The molecule has 3 rings (SSSR count). The number of amides is 1. The molecule has 0 saturated heterocycles. The Balaban J connectivity index is 1.36. The van der Waals surface area contributed by atoms with Crippen molar-refractivity contribution < 1.29 is 71.7 Å². The van der Waals surface area contributed by atoms with Gasteiger partial charge >= 0.3 is 18.1 Å². The molecule has 1 aliphatic carbocycles. The van der Waals surface area contributed by atoms with Gasteiger partial charge in [-0.3, -0.25) is 4.79 Å². The maximum absolute atomic E-state index is 12.9. The molecule has 300 valence electrons. The van der Waals surface area contributed by atoms with E-state index < -0.39 is 66.1 Å². The van der Waals surface area contributed by atoms with Crippen molar-refractivity contribution in [1.29, 1.82) is 0 Å². The van der Waals surface area contributed by atoms with Crippen molar-refractivity contribution in [3.05, 3.63) is 94.1 Å². The van der Waals surface area contributed by atoms with E-state index in [2.05, 4.69) is 10.2 Å². The fraction of sp³-hybridized carbons (Fsp3) is 0.432. The van der Waals surface area contributed by atoms with E-state index in [0.29, 0.717) is 24.8 Å². The minimum Gasteiger partial charge on any atom is -0.493 e. The van der Waals surface area contributed by atoms with Gasteiger partial charge in [0.2, 0.25) is 5.91 Å². The third kappa shape index (κ3) is 15.8. The Bertz CT molecular complexity index is 1680. The molecule has 0 spiro atoms. The summed E-state index contributed by atoms with van der Waals surface area (Å²) < 4.78 is 59.4. The minimum atomic E-state index is -4.53. The van der Waals surface area contributed by atoms with Gasteiger partial charge in [0.15, 0.2) is 11.5 Å². The van der Waals surface area contributed by atoms with Crippen molar-refractivity contribution in [2.45, 2.75) is 56.6 Å². The molecule has 5 atom stereocenters. The number of carbonyl (C=O) groups excluding carboxylic acids is 3. The Kier molecular flexibility index (Phi) is 17.6. The van der Waals surface area contributed by atoms with Crippen LogP contribution in [0.2, 0.25) is 0 Å². The topological polar surface area (TPSA) is 213 Å². The molecule has 55 heavy (non-hydrogen) atoms. The smallest absolute Gasteiger partial charge is 0.416 e. The lowest BCUT2D eigenvalue weighted by Gasteiger charge is -2.19. The fourth-order valence-electron chi connectivity index (χ4n) is 5.47. The predicted molar refractivity (Wildman–Crippen MR) is 188 cm³/mol. The molecule has 18 heteroatoms. The van der Waals surface area contributed by atoms with Crippen molar-refractivity contribution in [2.75, 3.05) is 33.5 Å². The van der Waals surface area contributed by atoms with Crippen LogP contribution in [0.3, 0.4) is 0 Å². The number of aliphatic hydroxyl groups is 3. The number of esters is 2. The van der Waals surface area contributed by atoms with Crippen molar-refractivity contribution in [3.63, 3.8) is 0 Å². The standard InChI is InChI=1S/C37H43F3N2O13/c1-51-33-19-24(12-16-35(47)52-17-18-54-42(49)50)11-15-32(33)55-36(48)22-41-34(46)10-5-3-2-4-9-28-29(31(45)21-30(28)44)14-13-26(43)23-53-27-8-6-7-25(20-27)37(38,39)40/h2,4,6-8,11-16,19-20,26,28-31,43-45H,3,5,9-10,17-18,21-23H2,1H3,(H,41,46)/b4-2-,14-13+,16-12+/t26-,28-,29-,30+,31-/m1/s1. The summed E-state index contributed by atoms with van der Waals surface area (Å²) in [4.78, 5) is 50.5. The molecule has 2 aromatic rings. The lowest BCUT2D eigenvalue weighted by Crippen LogP contribution is -2.31. The molecule has 0 aromatic heterocycles. The lowest BCUT2D eigenvalue weighted by molar-refractivity contribution is -0.757. The molecule has 1 aliphatic rings. The van der Waals surface area contributed by atoms with E-state index in [4.69, 9.17) is 18.9 Å². The van der Waals surface area contributed by atoms with E-state index >= 15 is 0 Å². The number of benzene rings is 2. The van der Waals surface area contributed by atoms with Gasteiger partial charge in [0.1, 0.15) is 38.2 Å². The molecule has 0 bridgehead atoms. The van der Waals surface area contributed by atoms with Gasteiger partial charge in [-0.2, -0.15) is 13.2 Å². The number of allylic oxidation sites excluding steroid dienone is 2. The molecule has 0 heterocycles. The number of aliphatic hydroxyl groups excluding tert-OH is 3. The van der Waals surface area contributed by atoms with Crippen LogP contribution in [0.5, 0.6) is 17.2 Å². The Labute approximate surface area is 314 Å². The number of ether oxygens (including phenoxy) is 4. The lowest BCUT2D eigenvalue weighted by atomic mass is 9.89. The van der Waals surface area contributed by atoms with Crippen molar-refractivity contribution in [3.8, 4) is 17.2 Å². The highest BCUT2D eigenvalue weighted by Gasteiger charge is 2.39. The van der Waals surface area contributed by atoms with Crippen LogP contribution in [0.25, 0.3) is 6.08 Å². The summed E-state index contributed by atoms with van der Waals surface area (Å²) in [6.07, 6.45) is 3.34. The van der Waals surface area contributed by atoms with Gasteiger partial charge in [-0.05, 0) is 67.2 Å². The van der Waals surface area contributed by atoms with Crippen LogP contribution in [-0.2, 0) is 30.1 Å². The van der Waals surface area contributed by atoms with Gasteiger partial charge in [-0.15, -0.1) is 10.1 Å². The number of methoxy groups -OCH3 is 1. The summed E-state index contributed by atoms with van der Waals surface area (Å²) >= 11 is 0. The normalized spacial score (nSPS) is 19.0. The molecular weight excluding hydrogens is 737 g/mol. The van der Waals surface area contributed by atoms with Gasteiger partial charge in [-0.25, -0.2) is 9.59 Å². The van der Waals surface area contributed by atoms with Gasteiger partial charge in [-0.1, -0.05) is 36.4 Å². The first-order valence-corrected chi connectivity index (χ1v) is 17.1. The molecule has 0 radical (unpaired) electrons. The first-order chi connectivity index (χ1) is 26.2. The second-order valence-electron chi connectivity index (χ2n) is 12.2. The number of halogens is 3. The van der Waals surface area contributed by atoms with Crippen LogP contribution in [0, 0.1) is 22.0 Å². The quantitative estimate of drug-likeness (QED) is 0.0269. The highest BCUT2D eigenvalue weighted by atomic mass is 19.4. The maximum atomic E-state index is 12.9. The first kappa shape index (κ1) is 43.9. The molecular formula is C37H43F3N2O13. The summed E-state index contributed by atoms with van der Waals surface area (Å²) in [5, 5.41) is 42.9. The van der Waals surface area contributed by atoms with Crippen LogP contribution in [-0.4, -0.2) is 90.0 Å². The Morgan fingerprint density at radius 1 is 1.07 bits per heavy atom. The summed E-state index contributed by atoms with van der Waals surface area (Å²) in [6.45, 7) is -1.45. The Morgan fingerprint density at radius 2 is 1.85 bits per heavy atom.